The van der Waals surface area contributed by atoms with Gasteiger partial charge in [0.15, 0.2) is 0 Å². The molecule has 44 heavy (non-hydrogen) atoms. The Hall–Kier alpha value is -3.27. The Balaban J connectivity index is 0. The van der Waals surface area contributed by atoms with E-state index in [9.17, 15) is 0 Å². The van der Waals surface area contributed by atoms with Crippen LogP contribution in [0.1, 0.15) is 140 Å². The van der Waals surface area contributed by atoms with Crippen molar-refractivity contribution >= 4 is 16.6 Å². The summed E-state index contributed by atoms with van der Waals surface area (Å²) in [5, 5.41) is 8.78. The lowest BCUT2D eigenvalue weighted by Gasteiger charge is -2.19. The minimum Gasteiger partial charge on any atom is -0.516 e. The zero-order valence-corrected chi connectivity index (χ0v) is 30.6. The number of unbranched alkanes of at least 4 members (excludes halogenated alkanes) is 3. The van der Waals surface area contributed by atoms with Gasteiger partial charge in [0.25, 0.3) is 0 Å². The highest BCUT2D eigenvalue weighted by Gasteiger charge is 2.15. The molecule has 0 aliphatic rings. The maximum Gasteiger partial charge on any atom is 0.136 e. The topological polar surface area (TPSA) is 47.3 Å². The second-order valence-electron chi connectivity index (χ2n) is 11.0. The zero-order valence-electron chi connectivity index (χ0n) is 30.6. The van der Waals surface area contributed by atoms with Gasteiger partial charge in [0.2, 0.25) is 0 Å². The zero-order chi connectivity index (χ0) is 34.0. The van der Waals surface area contributed by atoms with Gasteiger partial charge in [-0.3, -0.25) is 0 Å². The number of ether oxygens (including phenoxy) is 1. The van der Waals surface area contributed by atoms with Gasteiger partial charge >= 0.3 is 0 Å². The molecule has 0 fully saturated rings. The van der Waals surface area contributed by atoms with Crippen LogP contribution in [0.4, 0.5) is 0 Å². The highest BCUT2D eigenvalue weighted by atomic mass is 16.5. The Labute approximate surface area is 272 Å². The summed E-state index contributed by atoms with van der Waals surface area (Å²) in [7, 11) is 0. The number of benzene rings is 2. The van der Waals surface area contributed by atoms with Crippen molar-refractivity contribution in [1.29, 1.82) is 0 Å². The second kappa shape index (κ2) is 26.2. The van der Waals surface area contributed by atoms with Crippen molar-refractivity contribution in [2.75, 3.05) is 0 Å². The van der Waals surface area contributed by atoms with Gasteiger partial charge in [-0.25, -0.2) is 4.98 Å². The fourth-order valence-electron chi connectivity index (χ4n) is 3.56. The lowest BCUT2D eigenvalue weighted by Crippen LogP contribution is -2.10. The smallest absolute Gasteiger partial charge is 0.136 e. The largest absolute Gasteiger partial charge is 0.516 e. The monoisotopic (exact) mass is 607 g/mol. The molecule has 4 nitrogen and oxygen atoms in total. The number of nitrogens with zero attached hydrogens (tertiary/aromatic N) is 2. The Bertz CT molecular complexity index is 1180. The molecule has 1 N–H and O–H groups in total. The molecule has 0 aliphatic heterocycles. The summed E-state index contributed by atoms with van der Waals surface area (Å²) in [4.78, 5) is 4.89. The van der Waals surface area contributed by atoms with Crippen LogP contribution in [0.25, 0.3) is 16.6 Å². The van der Waals surface area contributed by atoms with E-state index < -0.39 is 0 Å². The van der Waals surface area contributed by atoms with Gasteiger partial charge in [-0.1, -0.05) is 146 Å². The average molecular weight is 607 g/mol. The lowest BCUT2D eigenvalue weighted by atomic mass is 9.87. The molecule has 2 aromatic carbocycles. The molecule has 0 radical (unpaired) electrons. The Morgan fingerprint density at radius 2 is 1.32 bits per heavy atom. The van der Waals surface area contributed by atoms with Crippen molar-refractivity contribution in [2.45, 2.75) is 140 Å². The van der Waals surface area contributed by atoms with E-state index in [-0.39, 0.29) is 5.41 Å². The van der Waals surface area contributed by atoms with E-state index >= 15 is 0 Å². The fourth-order valence-corrected chi connectivity index (χ4v) is 3.56. The summed E-state index contributed by atoms with van der Waals surface area (Å²) < 4.78 is 8.45. The van der Waals surface area contributed by atoms with Gasteiger partial charge < -0.3 is 14.4 Å². The van der Waals surface area contributed by atoms with E-state index in [1.165, 1.54) is 31.2 Å². The van der Waals surface area contributed by atoms with Gasteiger partial charge in [-0.15, -0.1) is 0 Å². The van der Waals surface area contributed by atoms with Crippen molar-refractivity contribution in [2.24, 2.45) is 0 Å². The van der Waals surface area contributed by atoms with Crippen LogP contribution in [0.5, 0.6) is 11.5 Å². The van der Waals surface area contributed by atoms with Crippen LogP contribution in [0.3, 0.4) is 0 Å². The summed E-state index contributed by atoms with van der Waals surface area (Å²) in [6.07, 6.45) is 15.8. The number of imidazole rings is 1. The summed E-state index contributed by atoms with van der Waals surface area (Å²) in [6, 6.07) is 14.4. The Morgan fingerprint density at radius 3 is 1.80 bits per heavy atom. The van der Waals surface area contributed by atoms with E-state index in [2.05, 4.69) is 85.1 Å². The Morgan fingerprint density at radius 1 is 0.773 bits per heavy atom. The molecule has 0 unspecified atom stereocenters. The third-order valence-corrected chi connectivity index (χ3v) is 6.42. The van der Waals surface area contributed by atoms with Gasteiger partial charge in [-0.05, 0) is 60.2 Å². The molecule has 0 saturated carbocycles. The first-order valence-corrected chi connectivity index (χ1v) is 17.1. The first kappa shape index (κ1) is 42.9. The van der Waals surface area contributed by atoms with E-state index in [0.717, 1.165) is 59.6 Å². The van der Waals surface area contributed by atoms with Crippen molar-refractivity contribution in [3.63, 3.8) is 0 Å². The lowest BCUT2D eigenvalue weighted by molar-refractivity contribution is 0.473. The molecule has 4 heteroatoms. The molecule has 248 valence electrons. The van der Waals surface area contributed by atoms with Crippen molar-refractivity contribution in [3.05, 3.63) is 84.4 Å². The third kappa shape index (κ3) is 16.5. The average Bonchev–Trinajstić information content (AvgIpc) is 3.41. The third-order valence-electron chi connectivity index (χ3n) is 6.42. The van der Waals surface area contributed by atoms with Crippen molar-refractivity contribution in [3.8, 4) is 11.5 Å². The van der Waals surface area contributed by atoms with Gasteiger partial charge in [0, 0.05) is 12.6 Å². The van der Waals surface area contributed by atoms with E-state index in [1.54, 1.807) is 12.2 Å². The standard InChI is InChI=1S/C28H34N2O2.2C4H10.2C2H6/c1-6-7-18-30-26-20-24(32-23-14-12-22(13-15-23)28(3,4)5)16-17-25(26)29-27(30)21(2)11-9-8-10-19-31;2*1-3-4-2;2*1-2/h8-17,19-20,31H,6-7,18H2,1-5H3;2*3-4H2,1-2H3;2*1-2H3/b9-8-,19-10+,21-11+;;;;. The number of hydrogen-bond acceptors (Lipinski definition) is 3. The first-order chi connectivity index (χ1) is 21.2. The van der Waals surface area contributed by atoms with Crippen molar-refractivity contribution in [1.82, 2.24) is 9.55 Å². The molecule has 0 atom stereocenters. The number of rotatable bonds is 10. The SMILES string of the molecule is CC.CC.CCCC.CCCC.CCCCn1c(/C(C)=C/C=C\C=C\O)nc2ccc(Oc3ccc(C(C)(C)C)cc3)cc21. The fraction of sp³-hybridized carbons (Fsp3) is 0.525. The number of aliphatic hydroxyl groups excluding tert-OH is 1. The predicted molar refractivity (Wildman–Crippen MR) is 198 cm³/mol. The predicted octanol–water partition coefficient (Wildman–Crippen LogP) is 13.6. The van der Waals surface area contributed by atoms with Crippen LogP contribution in [0, 0.1) is 0 Å². The molecular formula is C40H66N2O2. The van der Waals surface area contributed by atoms with E-state index in [4.69, 9.17) is 14.8 Å². The van der Waals surface area contributed by atoms with Crippen molar-refractivity contribution < 1.29 is 9.84 Å². The molecule has 1 heterocycles. The summed E-state index contributed by atoms with van der Waals surface area (Å²) >= 11 is 0. The molecule has 0 spiro atoms. The summed E-state index contributed by atoms with van der Waals surface area (Å²) in [5.41, 5.74) is 4.51. The summed E-state index contributed by atoms with van der Waals surface area (Å²) in [5.74, 6) is 2.59. The molecule has 0 bridgehead atoms. The summed E-state index contributed by atoms with van der Waals surface area (Å²) in [6.45, 7) is 28.5. The number of aryl methyl sites for hydroxylation is 1. The maximum absolute atomic E-state index is 8.78. The first-order valence-electron chi connectivity index (χ1n) is 17.1. The quantitative estimate of drug-likeness (QED) is 0.184. The van der Waals surface area contributed by atoms with Crippen LogP contribution in [0.2, 0.25) is 0 Å². The molecule has 3 aromatic rings. The number of allylic oxidation sites excluding steroid dienone is 5. The minimum atomic E-state index is 0.120. The molecule has 1 aromatic heterocycles. The molecular weight excluding hydrogens is 540 g/mol. The number of aliphatic hydroxyl groups is 1. The van der Waals surface area contributed by atoms with Crippen LogP contribution in [-0.4, -0.2) is 14.7 Å². The van der Waals surface area contributed by atoms with Crippen LogP contribution in [0.15, 0.2) is 73.0 Å². The normalized spacial score (nSPS) is 11.1. The van der Waals surface area contributed by atoms with Crippen LogP contribution in [-0.2, 0) is 12.0 Å². The van der Waals surface area contributed by atoms with Gasteiger partial charge in [0.05, 0.1) is 17.3 Å². The van der Waals surface area contributed by atoms with E-state index in [0.29, 0.717) is 0 Å². The number of aromatic nitrogens is 2. The highest BCUT2D eigenvalue weighted by molar-refractivity contribution is 5.81. The molecule has 3 rings (SSSR count). The molecule has 0 aliphatic carbocycles. The van der Waals surface area contributed by atoms with Crippen LogP contribution < -0.4 is 4.74 Å². The molecule has 0 amide bonds. The number of hydrogen-bond donors (Lipinski definition) is 1. The van der Waals surface area contributed by atoms with Gasteiger partial charge in [-0.2, -0.15) is 0 Å². The van der Waals surface area contributed by atoms with Gasteiger partial charge in [0.1, 0.15) is 17.3 Å². The van der Waals surface area contributed by atoms with Crippen LogP contribution >= 0.6 is 0 Å². The minimum absolute atomic E-state index is 0.120. The highest BCUT2D eigenvalue weighted by Crippen LogP contribution is 2.30. The maximum atomic E-state index is 8.78. The second-order valence-corrected chi connectivity index (χ2v) is 11.0. The van der Waals surface area contributed by atoms with E-state index in [1.807, 2.05) is 64.1 Å². The Kier molecular flexibility index (Phi) is 25.5. The molecule has 0 saturated heterocycles. The number of fused-ring (bicyclic) bond motifs is 1.